The molecule has 4 rings (SSSR count). The Kier molecular flexibility index (Phi) is 3.95. The van der Waals surface area contributed by atoms with Crippen LogP contribution in [0.4, 0.5) is 9.18 Å². The summed E-state index contributed by atoms with van der Waals surface area (Å²) in [5, 5.41) is 4.85. The van der Waals surface area contributed by atoms with Crippen molar-refractivity contribution < 1.29 is 18.7 Å². The van der Waals surface area contributed by atoms with Gasteiger partial charge in [-0.05, 0) is 42.8 Å². The van der Waals surface area contributed by atoms with Crippen molar-refractivity contribution in [2.75, 3.05) is 13.2 Å². The molecule has 5 nitrogen and oxygen atoms in total. The smallest absolute Gasteiger partial charge is 0.325 e. The summed E-state index contributed by atoms with van der Waals surface area (Å²) in [5.41, 5.74) is -0.0255. The molecule has 2 heterocycles. The number of nitrogens with one attached hydrogen (secondary N) is 1. The first-order chi connectivity index (χ1) is 12.1. The van der Waals surface area contributed by atoms with Gasteiger partial charge in [0, 0.05) is 10.4 Å². The number of para-hydroxylation sites is 1. The van der Waals surface area contributed by atoms with Crippen LogP contribution >= 0.6 is 11.3 Å². The molecule has 25 heavy (non-hydrogen) atoms. The Morgan fingerprint density at radius 3 is 2.96 bits per heavy atom. The first-order valence-electron chi connectivity index (χ1n) is 8.20. The van der Waals surface area contributed by atoms with E-state index in [-0.39, 0.29) is 24.8 Å². The lowest BCUT2D eigenvalue weighted by molar-refractivity contribution is -0.132. The van der Waals surface area contributed by atoms with Crippen molar-refractivity contribution in [2.24, 2.45) is 0 Å². The first-order valence-corrected chi connectivity index (χ1v) is 9.08. The Balaban J connectivity index is 1.49. The molecule has 1 aliphatic carbocycles. The van der Waals surface area contributed by atoms with E-state index < -0.39 is 17.4 Å². The standard InChI is InChI=1S/C18H17FN2O3S/c19-13-4-1-2-5-14(13)24-10-9-21-16(22)18(20-17(21)23)8-3-6-15-12(18)7-11-25-15/h1-2,4-5,7,11H,3,6,8-10H2,(H,20,23)/t18-/m1/s1. The molecule has 1 saturated heterocycles. The molecule has 130 valence electrons. The van der Waals surface area contributed by atoms with Crippen LogP contribution < -0.4 is 10.1 Å². The average Bonchev–Trinajstić information content (AvgIpc) is 3.17. The lowest BCUT2D eigenvalue weighted by Crippen LogP contribution is -2.46. The Morgan fingerprint density at radius 2 is 2.12 bits per heavy atom. The molecular weight excluding hydrogens is 343 g/mol. The molecule has 0 radical (unpaired) electrons. The summed E-state index contributed by atoms with van der Waals surface area (Å²) in [4.78, 5) is 27.7. The Hall–Kier alpha value is -2.41. The van der Waals surface area contributed by atoms with E-state index in [1.165, 1.54) is 17.0 Å². The second-order valence-corrected chi connectivity index (χ2v) is 7.18. The predicted octanol–water partition coefficient (Wildman–Crippen LogP) is 3.05. The topological polar surface area (TPSA) is 58.6 Å². The normalized spacial score (nSPS) is 22.2. The van der Waals surface area contributed by atoms with E-state index in [0.29, 0.717) is 6.42 Å². The maximum atomic E-state index is 13.6. The van der Waals surface area contributed by atoms with E-state index in [1.807, 2.05) is 11.4 Å². The van der Waals surface area contributed by atoms with Gasteiger partial charge in [-0.3, -0.25) is 9.69 Å². The molecule has 1 spiro atoms. The number of ether oxygens (including phenoxy) is 1. The van der Waals surface area contributed by atoms with Crippen LogP contribution in [0.3, 0.4) is 0 Å². The third-order valence-electron chi connectivity index (χ3n) is 4.75. The number of amides is 3. The molecule has 1 fully saturated rings. The molecule has 1 aromatic heterocycles. The second kappa shape index (κ2) is 6.15. The van der Waals surface area contributed by atoms with Crippen LogP contribution in [0, 0.1) is 5.82 Å². The number of aryl methyl sites for hydroxylation is 1. The molecule has 0 saturated carbocycles. The van der Waals surface area contributed by atoms with Crippen LogP contribution in [0.1, 0.15) is 23.3 Å². The largest absolute Gasteiger partial charge is 0.489 e. The van der Waals surface area contributed by atoms with Gasteiger partial charge in [0.2, 0.25) is 0 Å². The second-order valence-electron chi connectivity index (χ2n) is 6.18. The van der Waals surface area contributed by atoms with Crippen LogP contribution in [0.5, 0.6) is 5.75 Å². The molecular formula is C18H17FN2O3S. The Bertz CT molecular complexity index is 837. The van der Waals surface area contributed by atoms with Crippen LogP contribution in [0.15, 0.2) is 35.7 Å². The van der Waals surface area contributed by atoms with E-state index in [0.717, 1.165) is 23.3 Å². The summed E-state index contributed by atoms with van der Waals surface area (Å²) in [6.45, 7) is 0.132. The minimum Gasteiger partial charge on any atom is -0.489 e. The zero-order valence-electron chi connectivity index (χ0n) is 13.5. The SMILES string of the molecule is O=C1N[C@@]2(CCCc3sccc32)C(=O)N1CCOc1ccccc1F. The van der Waals surface area contributed by atoms with E-state index in [9.17, 15) is 14.0 Å². The summed E-state index contributed by atoms with van der Waals surface area (Å²) >= 11 is 1.62. The number of hydrogen-bond acceptors (Lipinski definition) is 4. The van der Waals surface area contributed by atoms with Gasteiger partial charge in [0.25, 0.3) is 5.91 Å². The van der Waals surface area contributed by atoms with Crippen molar-refractivity contribution in [1.29, 1.82) is 0 Å². The van der Waals surface area contributed by atoms with Crippen LogP contribution in [-0.2, 0) is 16.8 Å². The summed E-state index contributed by atoms with van der Waals surface area (Å²) in [7, 11) is 0. The lowest BCUT2D eigenvalue weighted by Gasteiger charge is -2.31. The zero-order chi connectivity index (χ0) is 17.4. The maximum Gasteiger partial charge on any atom is 0.325 e. The highest BCUT2D eigenvalue weighted by Gasteiger charge is 2.54. The van der Waals surface area contributed by atoms with Gasteiger partial charge < -0.3 is 10.1 Å². The Labute approximate surface area is 148 Å². The molecule has 7 heteroatoms. The molecule has 1 aliphatic heterocycles. The monoisotopic (exact) mass is 360 g/mol. The molecule has 0 bridgehead atoms. The van der Waals surface area contributed by atoms with Crippen molar-refractivity contribution in [3.8, 4) is 5.75 Å². The average molecular weight is 360 g/mol. The number of thiophene rings is 1. The molecule has 1 N–H and O–H groups in total. The van der Waals surface area contributed by atoms with Gasteiger partial charge in [0.1, 0.15) is 12.1 Å². The van der Waals surface area contributed by atoms with E-state index >= 15 is 0 Å². The summed E-state index contributed by atoms with van der Waals surface area (Å²) < 4.78 is 19.0. The van der Waals surface area contributed by atoms with Crippen LogP contribution in [0.2, 0.25) is 0 Å². The number of hydrogen-bond donors (Lipinski definition) is 1. The Morgan fingerprint density at radius 1 is 1.28 bits per heavy atom. The van der Waals surface area contributed by atoms with Crippen molar-refractivity contribution in [3.63, 3.8) is 0 Å². The van der Waals surface area contributed by atoms with Gasteiger partial charge >= 0.3 is 6.03 Å². The number of rotatable bonds is 4. The quantitative estimate of drug-likeness (QED) is 0.853. The molecule has 1 atom stereocenters. The number of halogens is 1. The number of benzene rings is 1. The zero-order valence-corrected chi connectivity index (χ0v) is 14.3. The van der Waals surface area contributed by atoms with Gasteiger partial charge in [0.15, 0.2) is 11.6 Å². The molecule has 2 aromatic rings. The number of carbonyl (C=O) groups excluding carboxylic acids is 2. The van der Waals surface area contributed by atoms with Gasteiger partial charge in [-0.25, -0.2) is 9.18 Å². The lowest BCUT2D eigenvalue weighted by atomic mass is 9.80. The molecule has 0 unspecified atom stereocenters. The van der Waals surface area contributed by atoms with E-state index in [4.69, 9.17) is 4.74 Å². The van der Waals surface area contributed by atoms with E-state index in [2.05, 4.69) is 5.32 Å². The highest BCUT2D eigenvalue weighted by molar-refractivity contribution is 7.10. The first kappa shape index (κ1) is 16.1. The van der Waals surface area contributed by atoms with Gasteiger partial charge in [-0.15, -0.1) is 11.3 Å². The maximum absolute atomic E-state index is 13.6. The van der Waals surface area contributed by atoms with Crippen molar-refractivity contribution in [1.82, 2.24) is 10.2 Å². The predicted molar refractivity (Wildman–Crippen MR) is 91.1 cm³/mol. The van der Waals surface area contributed by atoms with Gasteiger partial charge in [-0.2, -0.15) is 0 Å². The van der Waals surface area contributed by atoms with Crippen molar-refractivity contribution in [2.45, 2.75) is 24.8 Å². The number of urea groups is 1. The number of carbonyl (C=O) groups is 2. The highest BCUT2D eigenvalue weighted by Crippen LogP contribution is 2.42. The number of nitrogens with zero attached hydrogens (tertiary/aromatic N) is 1. The minimum absolute atomic E-state index is 0.0483. The third-order valence-corrected chi connectivity index (χ3v) is 5.73. The fourth-order valence-electron chi connectivity index (χ4n) is 3.55. The highest BCUT2D eigenvalue weighted by atomic mass is 32.1. The van der Waals surface area contributed by atoms with Crippen LogP contribution in [0.25, 0.3) is 0 Å². The summed E-state index contributed by atoms with van der Waals surface area (Å²) in [5.74, 6) is -0.595. The van der Waals surface area contributed by atoms with Crippen LogP contribution in [-0.4, -0.2) is 30.0 Å². The van der Waals surface area contributed by atoms with Gasteiger partial charge in [0.05, 0.1) is 6.54 Å². The number of imide groups is 1. The minimum atomic E-state index is -0.942. The molecule has 3 amide bonds. The fourth-order valence-corrected chi connectivity index (χ4v) is 4.55. The third kappa shape index (κ3) is 2.59. The molecule has 1 aromatic carbocycles. The summed E-state index contributed by atoms with van der Waals surface area (Å²) in [6.07, 6.45) is 2.40. The molecule has 2 aliphatic rings. The van der Waals surface area contributed by atoms with Gasteiger partial charge in [-0.1, -0.05) is 12.1 Å². The fraction of sp³-hybridized carbons (Fsp3) is 0.333. The van der Waals surface area contributed by atoms with E-state index in [1.54, 1.807) is 23.5 Å². The van der Waals surface area contributed by atoms with Crippen molar-refractivity contribution >= 4 is 23.3 Å². The summed E-state index contributed by atoms with van der Waals surface area (Å²) in [6, 6.07) is 7.57. The van der Waals surface area contributed by atoms with Crippen molar-refractivity contribution in [3.05, 3.63) is 52.0 Å². The number of fused-ring (bicyclic) bond motifs is 2.